The van der Waals surface area contributed by atoms with Gasteiger partial charge in [-0.3, -0.25) is 4.79 Å². The van der Waals surface area contributed by atoms with E-state index in [0.717, 1.165) is 0 Å². The van der Waals surface area contributed by atoms with Gasteiger partial charge in [-0.15, -0.1) is 0 Å². The molecule has 0 saturated carbocycles. The van der Waals surface area contributed by atoms with Crippen molar-refractivity contribution in [3.8, 4) is 0 Å². The van der Waals surface area contributed by atoms with Crippen LogP contribution in [0.4, 0.5) is 0 Å². The predicted molar refractivity (Wildman–Crippen MR) is 40.8 cm³/mol. The lowest BCUT2D eigenvalue weighted by molar-refractivity contribution is -0.118. The first-order valence-electron chi connectivity index (χ1n) is 3.12. The maximum atomic E-state index is 10.7. The van der Waals surface area contributed by atoms with Crippen LogP contribution in [0.3, 0.4) is 0 Å². The van der Waals surface area contributed by atoms with Gasteiger partial charge in [0.1, 0.15) is 6.61 Å². The second-order valence-corrected chi connectivity index (χ2v) is 1.78. The molecule has 0 unspecified atom stereocenters. The molecule has 0 rings (SSSR count). The van der Waals surface area contributed by atoms with Crippen molar-refractivity contribution in [2.24, 2.45) is 0 Å². The van der Waals surface area contributed by atoms with Crippen molar-refractivity contribution < 1.29 is 9.53 Å². The van der Waals surface area contributed by atoms with Crippen LogP contribution in [0.25, 0.3) is 0 Å². The van der Waals surface area contributed by atoms with Crippen LogP contribution in [-0.2, 0) is 9.53 Å². The van der Waals surface area contributed by atoms with Gasteiger partial charge in [0.05, 0.1) is 0 Å². The highest BCUT2D eigenvalue weighted by Gasteiger charge is 1.90. The lowest BCUT2D eigenvalue weighted by Gasteiger charge is -1.88. The number of hydrogen-bond donors (Lipinski definition) is 0. The standard InChI is InChI=1S/C8H12O2/c1-3-4-5-6-8(9)7-10-2/h3-6H,7H2,1-2H3/b4-3+,6-5+. The molecule has 0 aromatic heterocycles. The molecular weight excluding hydrogens is 128 g/mol. The number of carbonyl (C=O) groups is 1. The van der Waals surface area contributed by atoms with Crippen LogP contribution < -0.4 is 0 Å². The van der Waals surface area contributed by atoms with Gasteiger partial charge >= 0.3 is 0 Å². The molecule has 0 aliphatic heterocycles. The molecule has 0 N–H and O–H groups in total. The fourth-order valence-electron chi connectivity index (χ4n) is 0.464. The highest BCUT2D eigenvalue weighted by Crippen LogP contribution is 1.80. The van der Waals surface area contributed by atoms with Gasteiger partial charge in [-0.25, -0.2) is 0 Å². The Labute approximate surface area is 61.2 Å². The summed E-state index contributed by atoms with van der Waals surface area (Å²) in [5.41, 5.74) is 0. The minimum absolute atomic E-state index is 0.0133. The molecule has 0 aliphatic carbocycles. The summed E-state index contributed by atoms with van der Waals surface area (Å²) in [7, 11) is 1.50. The van der Waals surface area contributed by atoms with Crippen LogP contribution in [0.5, 0.6) is 0 Å². The van der Waals surface area contributed by atoms with Gasteiger partial charge in [-0.1, -0.05) is 18.2 Å². The first-order valence-corrected chi connectivity index (χ1v) is 3.12. The van der Waals surface area contributed by atoms with E-state index in [1.165, 1.54) is 13.2 Å². The summed E-state index contributed by atoms with van der Waals surface area (Å²) in [6.07, 6.45) is 6.84. The fraction of sp³-hybridized carbons (Fsp3) is 0.375. The maximum absolute atomic E-state index is 10.7. The number of rotatable bonds is 4. The van der Waals surface area contributed by atoms with Gasteiger partial charge in [0.2, 0.25) is 0 Å². The smallest absolute Gasteiger partial charge is 0.181 e. The minimum Gasteiger partial charge on any atom is -0.377 e. The second kappa shape index (κ2) is 6.23. The van der Waals surface area contributed by atoms with E-state index >= 15 is 0 Å². The molecule has 0 heterocycles. The Hall–Kier alpha value is -0.890. The molecule has 0 saturated heterocycles. The van der Waals surface area contributed by atoms with Gasteiger partial charge in [0, 0.05) is 7.11 Å². The molecule has 10 heavy (non-hydrogen) atoms. The Bertz CT molecular complexity index is 145. The summed E-state index contributed by atoms with van der Waals surface area (Å²) >= 11 is 0. The van der Waals surface area contributed by atoms with E-state index in [1.807, 2.05) is 13.0 Å². The van der Waals surface area contributed by atoms with E-state index < -0.39 is 0 Å². The van der Waals surface area contributed by atoms with Crippen molar-refractivity contribution in [1.29, 1.82) is 0 Å². The monoisotopic (exact) mass is 140 g/mol. The molecular formula is C8H12O2. The van der Waals surface area contributed by atoms with Gasteiger partial charge in [0.15, 0.2) is 5.78 Å². The SMILES string of the molecule is C/C=C/C=C/C(=O)COC. The van der Waals surface area contributed by atoms with Crippen LogP contribution in [-0.4, -0.2) is 19.5 Å². The summed E-state index contributed by atoms with van der Waals surface area (Å²) in [6.45, 7) is 2.05. The van der Waals surface area contributed by atoms with Crippen molar-refractivity contribution in [3.05, 3.63) is 24.3 Å². The Morgan fingerprint density at radius 1 is 1.50 bits per heavy atom. The van der Waals surface area contributed by atoms with Crippen molar-refractivity contribution in [3.63, 3.8) is 0 Å². The maximum Gasteiger partial charge on any atom is 0.181 e. The van der Waals surface area contributed by atoms with E-state index in [1.54, 1.807) is 12.2 Å². The highest BCUT2D eigenvalue weighted by molar-refractivity contribution is 5.90. The Balaban J connectivity index is 3.56. The summed E-state index contributed by atoms with van der Waals surface area (Å²) in [4.78, 5) is 10.7. The van der Waals surface area contributed by atoms with Crippen molar-refractivity contribution in [1.82, 2.24) is 0 Å². The molecule has 2 nitrogen and oxygen atoms in total. The molecule has 0 aromatic rings. The number of methoxy groups -OCH3 is 1. The molecule has 0 bridgehead atoms. The summed E-state index contributed by atoms with van der Waals surface area (Å²) in [5, 5.41) is 0. The zero-order valence-electron chi connectivity index (χ0n) is 6.33. The van der Waals surface area contributed by atoms with Gasteiger partial charge in [0.25, 0.3) is 0 Å². The third kappa shape index (κ3) is 5.25. The van der Waals surface area contributed by atoms with Crippen LogP contribution in [0.15, 0.2) is 24.3 Å². The molecule has 0 fully saturated rings. The zero-order valence-corrected chi connectivity index (χ0v) is 6.33. The van der Waals surface area contributed by atoms with Gasteiger partial charge < -0.3 is 4.74 Å². The Morgan fingerprint density at radius 3 is 2.70 bits per heavy atom. The van der Waals surface area contributed by atoms with Crippen LogP contribution >= 0.6 is 0 Å². The molecule has 0 atom stereocenters. The van der Waals surface area contributed by atoms with Crippen molar-refractivity contribution >= 4 is 5.78 Å². The lowest BCUT2D eigenvalue weighted by Crippen LogP contribution is -2.01. The quantitative estimate of drug-likeness (QED) is 0.435. The minimum atomic E-state index is -0.0133. The van der Waals surface area contributed by atoms with E-state index in [9.17, 15) is 4.79 Å². The molecule has 2 heteroatoms. The number of ketones is 1. The molecule has 0 spiro atoms. The lowest BCUT2D eigenvalue weighted by atomic mass is 10.3. The molecule has 0 radical (unpaired) electrons. The van der Waals surface area contributed by atoms with Crippen LogP contribution in [0.2, 0.25) is 0 Å². The molecule has 0 amide bonds. The third-order valence-electron chi connectivity index (χ3n) is 0.872. The second-order valence-electron chi connectivity index (χ2n) is 1.78. The molecule has 56 valence electrons. The predicted octanol–water partition coefficient (Wildman–Crippen LogP) is 1.33. The summed E-state index contributed by atoms with van der Waals surface area (Å²) < 4.78 is 4.61. The van der Waals surface area contributed by atoms with Crippen LogP contribution in [0, 0.1) is 0 Å². The van der Waals surface area contributed by atoms with E-state index in [4.69, 9.17) is 0 Å². The summed E-state index contributed by atoms with van der Waals surface area (Å²) in [5.74, 6) is -0.0133. The van der Waals surface area contributed by atoms with E-state index in [-0.39, 0.29) is 12.4 Å². The van der Waals surface area contributed by atoms with Gasteiger partial charge in [-0.2, -0.15) is 0 Å². The number of allylic oxidation sites excluding steroid dienone is 3. The zero-order chi connectivity index (χ0) is 7.82. The third-order valence-corrected chi connectivity index (χ3v) is 0.872. The largest absolute Gasteiger partial charge is 0.377 e. The van der Waals surface area contributed by atoms with Crippen molar-refractivity contribution in [2.75, 3.05) is 13.7 Å². The fourth-order valence-corrected chi connectivity index (χ4v) is 0.464. The Morgan fingerprint density at radius 2 is 2.20 bits per heavy atom. The first-order chi connectivity index (χ1) is 4.81. The number of hydrogen-bond acceptors (Lipinski definition) is 2. The van der Waals surface area contributed by atoms with E-state index in [2.05, 4.69) is 4.74 Å². The van der Waals surface area contributed by atoms with Crippen molar-refractivity contribution in [2.45, 2.75) is 6.92 Å². The van der Waals surface area contributed by atoms with Gasteiger partial charge in [-0.05, 0) is 13.0 Å². The highest BCUT2D eigenvalue weighted by atomic mass is 16.5. The van der Waals surface area contributed by atoms with Crippen LogP contribution in [0.1, 0.15) is 6.92 Å². The first kappa shape index (κ1) is 9.11. The normalized spacial score (nSPS) is 11.4. The average molecular weight is 140 g/mol. The average Bonchev–Trinajstić information content (AvgIpc) is 1.89. The number of ether oxygens (including phenoxy) is 1. The summed E-state index contributed by atoms with van der Waals surface area (Å²) in [6, 6.07) is 0. The van der Waals surface area contributed by atoms with E-state index in [0.29, 0.717) is 0 Å². The topological polar surface area (TPSA) is 26.3 Å². The molecule has 0 aliphatic rings. The number of carbonyl (C=O) groups excluding carboxylic acids is 1. The molecule has 0 aromatic carbocycles. The Kier molecular flexibility index (Phi) is 5.68.